The summed E-state index contributed by atoms with van der Waals surface area (Å²) in [5, 5.41) is 8.14. The van der Waals surface area contributed by atoms with Gasteiger partial charge in [-0.1, -0.05) is 16.8 Å². The van der Waals surface area contributed by atoms with Gasteiger partial charge in [0, 0.05) is 31.6 Å². The summed E-state index contributed by atoms with van der Waals surface area (Å²) in [6, 6.07) is 2.92. The van der Waals surface area contributed by atoms with Crippen molar-refractivity contribution in [3.05, 3.63) is 23.0 Å². The molecule has 0 amide bonds. The lowest BCUT2D eigenvalue weighted by molar-refractivity contribution is 0.116. The number of likely N-dealkylation sites (tertiary alicyclic amines) is 1. The molecule has 0 unspecified atom stereocenters. The van der Waals surface area contributed by atoms with Crippen molar-refractivity contribution in [3.63, 3.8) is 0 Å². The Labute approximate surface area is 103 Å². The molecule has 1 aliphatic heterocycles. The van der Waals surface area contributed by atoms with Gasteiger partial charge in [-0.2, -0.15) is 0 Å². The first-order valence-corrected chi connectivity index (χ1v) is 5.88. The first kappa shape index (κ1) is 10.9. The maximum absolute atomic E-state index is 13.4. The topological polar surface area (TPSA) is 34.0 Å². The average Bonchev–Trinajstić information content (AvgIpc) is 2.60. The van der Waals surface area contributed by atoms with Gasteiger partial charge in [0.05, 0.1) is 10.5 Å². The standard InChI is InChI=1S/C11H12ClFN4/c1-16-4-7(5-16)6-17-11-3-9(13)8(12)2-10(11)14-15-17/h2-3,7H,4-6H2,1H3. The van der Waals surface area contributed by atoms with Crippen LogP contribution in [0, 0.1) is 11.7 Å². The van der Waals surface area contributed by atoms with Gasteiger partial charge in [0.1, 0.15) is 11.3 Å². The molecule has 6 heteroatoms. The van der Waals surface area contributed by atoms with Crippen LogP contribution in [0.5, 0.6) is 0 Å². The maximum atomic E-state index is 13.4. The number of aromatic nitrogens is 3. The SMILES string of the molecule is CN1CC(Cn2nnc3cc(Cl)c(F)cc32)C1. The zero-order valence-electron chi connectivity index (χ0n) is 9.40. The van der Waals surface area contributed by atoms with Crippen LogP contribution in [0.3, 0.4) is 0 Å². The third kappa shape index (κ3) is 1.89. The lowest BCUT2D eigenvalue weighted by Crippen LogP contribution is -2.45. The maximum Gasteiger partial charge on any atom is 0.144 e. The molecule has 4 nitrogen and oxygen atoms in total. The minimum absolute atomic E-state index is 0.0907. The van der Waals surface area contributed by atoms with E-state index in [1.165, 1.54) is 12.1 Å². The lowest BCUT2D eigenvalue weighted by atomic mass is 10.0. The smallest absolute Gasteiger partial charge is 0.144 e. The van der Waals surface area contributed by atoms with Crippen molar-refractivity contribution in [3.8, 4) is 0 Å². The predicted molar refractivity (Wildman–Crippen MR) is 63.5 cm³/mol. The Morgan fingerprint density at radius 2 is 2.24 bits per heavy atom. The molecule has 90 valence electrons. The van der Waals surface area contributed by atoms with Gasteiger partial charge in [-0.15, -0.1) is 5.10 Å². The molecule has 1 aliphatic rings. The van der Waals surface area contributed by atoms with Crippen LogP contribution in [-0.4, -0.2) is 40.0 Å². The molecule has 0 atom stereocenters. The van der Waals surface area contributed by atoms with E-state index in [0.717, 1.165) is 19.6 Å². The van der Waals surface area contributed by atoms with Crippen molar-refractivity contribution in [1.29, 1.82) is 0 Å². The predicted octanol–water partition coefficient (Wildman–Crippen LogP) is 1.79. The Morgan fingerprint density at radius 1 is 1.47 bits per heavy atom. The third-order valence-corrected chi connectivity index (χ3v) is 3.42. The first-order chi connectivity index (χ1) is 8.13. The second-order valence-corrected chi connectivity index (χ2v) is 5.02. The molecule has 1 saturated heterocycles. The van der Waals surface area contributed by atoms with Gasteiger partial charge in [0.15, 0.2) is 0 Å². The molecule has 1 aromatic heterocycles. The largest absolute Gasteiger partial charge is 0.306 e. The number of hydrogen-bond acceptors (Lipinski definition) is 3. The van der Waals surface area contributed by atoms with Gasteiger partial charge in [0.2, 0.25) is 0 Å². The molecule has 1 fully saturated rings. The Balaban J connectivity index is 1.92. The second kappa shape index (κ2) is 3.92. The summed E-state index contributed by atoms with van der Waals surface area (Å²) in [7, 11) is 2.08. The molecule has 3 rings (SSSR count). The molecule has 1 aromatic carbocycles. The van der Waals surface area contributed by atoms with Crippen molar-refractivity contribution in [2.45, 2.75) is 6.54 Å². The zero-order chi connectivity index (χ0) is 12.0. The highest BCUT2D eigenvalue weighted by molar-refractivity contribution is 6.31. The van der Waals surface area contributed by atoms with E-state index in [-0.39, 0.29) is 5.02 Å². The normalized spacial score (nSPS) is 17.6. The molecule has 0 aliphatic carbocycles. The molecular formula is C11H12ClFN4. The highest BCUT2D eigenvalue weighted by Gasteiger charge is 2.24. The second-order valence-electron chi connectivity index (χ2n) is 4.61. The zero-order valence-corrected chi connectivity index (χ0v) is 10.2. The minimum Gasteiger partial charge on any atom is -0.306 e. The van der Waals surface area contributed by atoms with Crippen LogP contribution in [0.2, 0.25) is 5.02 Å². The highest BCUT2D eigenvalue weighted by Crippen LogP contribution is 2.23. The van der Waals surface area contributed by atoms with E-state index in [1.54, 1.807) is 4.68 Å². The quantitative estimate of drug-likeness (QED) is 0.819. The number of nitrogens with zero attached hydrogens (tertiary/aromatic N) is 4. The van der Waals surface area contributed by atoms with E-state index < -0.39 is 5.82 Å². The summed E-state index contributed by atoms with van der Waals surface area (Å²) in [5.41, 5.74) is 1.35. The van der Waals surface area contributed by atoms with E-state index in [9.17, 15) is 4.39 Å². The first-order valence-electron chi connectivity index (χ1n) is 5.50. The molecule has 17 heavy (non-hydrogen) atoms. The summed E-state index contributed by atoms with van der Waals surface area (Å²) in [6.07, 6.45) is 0. The summed E-state index contributed by atoms with van der Waals surface area (Å²) >= 11 is 5.70. The Kier molecular flexibility index (Phi) is 2.52. The van der Waals surface area contributed by atoms with Crippen LogP contribution in [0.1, 0.15) is 0 Å². The summed E-state index contributed by atoms with van der Waals surface area (Å²) in [6.45, 7) is 2.89. The number of hydrogen-bond donors (Lipinski definition) is 0. The fourth-order valence-electron chi connectivity index (χ4n) is 2.29. The van der Waals surface area contributed by atoms with Gasteiger partial charge < -0.3 is 4.90 Å². The van der Waals surface area contributed by atoms with Gasteiger partial charge >= 0.3 is 0 Å². The monoisotopic (exact) mass is 254 g/mol. The van der Waals surface area contributed by atoms with Crippen LogP contribution < -0.4 is 0 Å². The molecule has 0 bridgehead atoms. The summed E-state index contributed by atoms with van der Waals surface area (Å²) in [4.78, 5) is 2.24. The molecule has 0 radical (unpaired) electrons. The van der Waals surface area contributed by atoms with E-state index in [4.69, 9.17) is 11.6 Å². The lowest BCUT2D eigenvalue weighted by Gasteiger charge is -2.35. The van der Waals surface area contributed by atoms with Crippen LogP contribution in [0.4, 0.5) is 4.39 Å². The Bertz CT molecular complexity index is 562. The van der Waals surface area contributed by atoms with Gasteiger partial charge in [-0.3, -0.25) is 0 Å². The van der Waals surface area contributed by atoms with Gasteiger partial charge in [-0.25, -0.2) is 9.07 Å². The average molecular weight is 255 g/mol. The van der Waals surface area contributed by atoms with Gasteiger partial charge in [0.25, 0.3) is 0 Å². The third-order valence-electron chi connectivity index (χ3n) is 3.13. The van der Waals surface area contributed by atoms with Crippen molar-refractivity contribution in [2.24, 2.45) is 5.92 Å². The fourth-order valence-corrected chi connectivity index (χ4v) is 2.44. The van der Waals surface area contributed by atoms with Crippen molar-refractivity contribution in [2.75, 3.05) is 20.1 Å². The summed E-state index contributed by atoms with van der Waals surface area (Å²) in [5.74, 6) is 0.150. The molecule has 0 N–H and O–H groups in total. The molecule has 0 spiro atoms. The van der Waals surface area contributed by atoms with Crippen molar-refractivity contribution < 1.29 is 4.39 Å². The highest BCUT2D eigenvalue weighted by atomic mass is 35.5. The van der Waals surface area contributed by atoms with Crippen LogP contribution in [-0.2, 0) is 6.54 Å². The summed E-state index contributed by atoms with van der Waals surface area (Å²) < 4.78 is 15.1. The van der Waals surface area contributed by atoms with E-state index in [1.807, 2.05) is 0 Å². The van der Waals surface area contributed by atoms with Crippen LogP contribution in [0.15, 0.2) is 12.1 Å². The number of benzene rings is 1. The fraction of sp³-hybridized carbons (Fsp3) is 0.455. The van der Waals surface area contributed by atoms with Crippen molar-refractivity contribution >= 4 is 22.6 Å². The Hall–Kier alpha value is -1.20. The molecule has 2 heterocycles. The van der Waals surface area contributed by atoms with E-state index >= 15 is 0 Å². The van der Waals surface area contributed by atoms with Crippen LogP contribution >= 0.6 is 11.6 Å². The minimum atomic E-state index is -0.423. The van der Waals surface area contributed by atoms with Crippen LogP contribution in [0.25, 0.3) is 11.0 Å². The molecule has 0 saturated carbocycles. The van der Waals surface area contributed by atoms with Gasteiger partial charge in [-0.05, 0) is 13.1 Å². The number of fused-ring (bicyclic) bond motifs is 1. The van der Waals surface area contributed by atoms with Crippen molar-refractivity contribution in [1.82, 2.24) is 19.9 Å². The number of rotatable bonds is 2. The number of halogens is 2. The molecular weight excluding hydrogens is 243 g/mol. The Morgan fingerprint density at radius 3 is 2.94 bits per heavy atom. The van der Waals surface area contributed by atoms with E-state index in [0.29, 0.717) is 17.0 Å². The molecule has 2 aromatic rings. The van der Waals surface area contributed by atoms with E-state index in [2.05, 4.69) is 22.3 Å².